The maximum absolute atomic E-state index is 8.89. The summed E-state index contributed by atoms with van der Waals surface area (Å²) >= 11 is 0. The first-order valence-electron chi connectivity index (χ1n) is 4.54. The molecule has 0 aromatic carbocycles. The van der Waals surface area contributed by atoms with Gasteiger partial charge >= 0.3 is 69.5 Å². The van der Waals surface area contributed by atoms with Gasteiger partial charge in [-0.1, -0.05) is 0 Å². The molecule has 0 aliphatic carbocycles. The number of carboxylic acid groups (broad SMARTS) is 5. The van der Waals surface area contributed by atoms with Crippen molar-refractivity contribution in [2.24, 2.45) is 0 Å². The van der Waals surface area contributed by atoms with Gasteiger partial charge in [-0.2, -0.15) is 0 Å². The van der Waals surface area contributed by atoms with Crippen LogP contribution in [0.1, 0.15) is 34.6 Å². The van der Waals surface area contributed by atoms with Crippen LogP contribution in [0.3, 0.4) is 0 Å². The molecule has 0 aliphatic heterocycles. The molecule has 0 unspecified atom stereocenters. The molecule has 0 N–H and O–H groups in total. The van der Waals surface area contributed by atoms with E-state index in [1.807, 2.05) is 0 Å². The molecule has 0 saturated carbocycles. The maximum atomic E-state index is 8.89. The Labute approximate surface area is 181 Å². The van der Waals surface area contributed by atoms with Crippen LogP contribution in [0, 0.1) is 39.9 Å². The Bertz CT molecular complexity index is 216. The topological polar surface area (TPSA) is 201 Å². The molecular weight excluding hydrogens is 535 g/mol. The number of carbonyl (C=O) groups excluding carboxylic acids is 5. The van der Waals surface area contributed by atoms with Crippen molar-refractivity contribution < 1.29 is 119 Å². The average Bonchev–Trinajstić information content (AvgIpc) is 1.94. The molecule has 0 radical (unpaired) electrons. The molecule has 0 spiro atoms. The van der Waals surface area contributed by atoms with Gasteiger partial charge in [0.05, 0.1) is 0 Å². The van der Waals surface area contributed by atoms with Crippen molar-refractivity contribution in [3.63, 3.8) is 0 Å². The van der Waals surface area contributed by atoms with Crippen molar-refractivity contribution in [3.8, 4) is 0 Å². The van der Waals surface area contributed by atoms with Gasteiger partial charge in [-0.25, -0.2) is 0 Å². The van der Waals surface area contributed by atoms with Crippen LogP contribution in [-0.2, 0) is 24.0 Å². The third kappa shape index (κ3) is 64800. The molecular formula is C10H15NaO10Th. The van der Waals surface area contributed by atoms with Gasteiger partial charge in [0.1, 0.15) is 0 Å². The molecule has 12 heteroatoms. The van der Waals surface area contributed by atoms with Crippen molar-refractivity contribution in [2.45, 2.75) is 34.6 Å². The third-order valence-corrected chi connectivity index (χ3v) is 0. The largest absolute Gasteiger partial charge is 4.00 e. The molecule has 0 aromatic rings. The van der Waals surface area contributed by atoms with Gasteiger partial charge in [0.25, 0.3) is 0 Å². The molecule has 0 heterocycles. The van der Waals surface area contributed by atoms with Gasteiger partial charge in [0, 0.05) is 29.8 Å². The van der Waals surface area contributed by atoms with Gasteiger partial charge in [-0.15, -0.1) is 0 Å². The van der Waals surface area contributed by atoms with Gasteiger partial charge in [0.15, 0.2) is 0 Å². The summed E-state index contributed by atoms with van der Waals surface area (Å²) in [5.74, 6) is -5.42. The normalized spacial score (nSPS) is 5.68. The summed E-state index contributed by atoms with van der Waals surface area (Å²) in [5.41, 5.74) is 0. The van der Waals surface area contributed by atoms with Crippen LogP contribution < -0.4 is 55.1 Å². The Balaban J connectivity index is -0.0000000250. The van der Waals surface area contributed by atoms with Crippen LogP contribution in [0.4, 0.5) is 0 Å². The summed E-state index contributed by atoms with van der Waals surface area (Å²) < 4.78 is 0. The number of hydrogen-bond acceptors (Lipinski definition) is 10. The molecule has 0 rings (SSSR count). The standard InChI is InChI=1S/5C2H4O2.Na.Th/c5*1-2(3)4;;/h5*1H3,(H,3,4);;/q;;;;;+1;+4/p-5. The smallest absolute Gasteiger partial charge is 0.550 e. The second-order valence-electron chi connectivity index (χ2n) is 2.46. The van der Waals surface area contributed by atoms with Crippen molar-refractivity contribution in [3.05, 3.63) is 0 Å². The summed E-state index contributed by atoms with van der Waals surface area (Å²) in [5, 5.41) is 44.4. The number of rotatable bonds is 0. The van der Waals surface area contributed by atoms with Crippen LogP contribution in [0.5, 0.6) is 0 Å². The van der Waals surface area contributed by atoms with Crippen LogP contribution in [0.25, 0.3) is 0 Å². The summed E-state index contributed by atoms with van der Waals surface area (Å²) in [4.78, 5) is 44.4. The molecule has 22 heavy (non-hydrogen) atoms. The fraction of sp³-hybridized carbons (Fsp3) is 0.500. The molecule has 0 fully saturated rings. The van der Waals surface area contributed by atoms with Crippen molar-refractivity contribution in [2.75, 3.05) is 0 Å². The van der Waals surface area contributed by atoms with Gasteiger partial charge in [0.2, 0.25) is 0 Å². The summed E-state index contributed by atoms with van der Waals surface area (Å²) in [7, 11) is 0. The monoisotopic (exact) mass is 550 g/mol. The Morgan fingerprint density at radius 3 is 0.455 bits per heavy atom. The molecule has 0 amide bonds. The minimum Gasteiger partial charge on any atom is -0.550 e. The first-order valence-corrected chi connectivity index (χ1v) is 4.54. The third-order valence-electron chi connectivity index (χ3n) is 0. The summed E-state index contributed by atoms with van der Waals surface area (Å²) in [6, 6.07) is 0. The second kappa shape index (κ2) is 37.2. The van der Waals surface area contributed by atoms with E-state index in [2.05, 4.69) is 0 Å². The van der Waals surface area contributed by atoms with Gasteiger partial charge in [-0.3, -0.25) is 0 Å². The minimum absolute atomic E-state index is 0. The molecule has 120 valence electrons. The van der Waals surface area contributed by atoms with E-state index in [0.29, 0.717) is 0 Å². The van der Waals surface area contributed by atoms with E-state index in [0.717, 1.165) is 34.6 Å². The second-order valence-corrected chi connectivity index (χ2v) is 2.46. The molecule has 10 nitrogen and oxygen atoms in total. The van der Waals surface area contributed by atoms with Crippen molar-refractivity contribution >= 4 is 29.8 Å². The first-order chi connectivity index (χ1) is 8.66. The maximum Gasteiger partial charge on any atom is 4.00 e. The van der Waals surface area contributed by atoms with Crippen LogP contribution >= 0.6 is 0 Å². The van der Waals surface area contributed by atoms with E-state index in [-0.39, 0.29) is 69.5 Å². The Kier molecular flexibility index (Phi) is 72.7. The van der Waals surface area contributed by atoms with Crippen LogP contribution in [0.2, 0.25) is 0 Å². The Hall–Kier alpha value is -0.325. The number of carbonyl (C=O) groups is 5. The zero-order valence-corrected chi connectivity index (χ0v) is 19.2. The van der Waals surface area contributed by atoms with Crippen LogP contribution in [-0.4, -0.2) is 29.8 Å². The molecule has 0 bridgehead atoms. The van der Waals surface area contributed by atoms with E-state index in [1.165, 1.54) is 0 Å². The van der Waals surface area contributed by atoms with Gasteiger partial charge in [-0.05, 0) is 34.6 Å². The SMILES string of the molecule is CC(=O)[O-].CC(=O)[O-].CC(=O)[O-].CC(=O)[O-].CC(=O)[O-].[Na+].[Th+4]. The zero-order chi connectivity index (χ0) is 17.9. The fourth-order valence-electron chi connectivity index (χ4n) is 0. The summed E-state index contributed by atoms with van der Waals surface area (Å²) in [6.07, 6.45) is 0. The average molecular weight is 550 g/mol. The Morgan fingerprint density at radius 2 is 0.455 bits per heavy atom. The van der Waals surface area contributed by atoms with E-state index in [9.17, 15) is 0 Å². The van der Waals surface area contributed by atoms with Crippen molar-refractivity contribution in [1.29, 1.82) is 0 Å². The first kappa shape index (κ1) is 43.0. The minimum atomic E-state index is -1.08. The quantitative estimate of drug-likeness (QED) is 0.261. The van der Waals surface area contributed by atoms with E-state index in [1.54, 1.807) is 0 Å². The van der Waals surface area contributed by atoms with Crippen LogP contribution in [0.15, 0.2) is 0 Å². The predicted molar refractivity (Wildman–Crippen MR) is 53.4 cm³/mol. The van der Waals surface area contributed by atoms with E-state index in [4.69, 9.17) is 49.5 Å². The zero-order valence-electron chi connectivity index (χ0n) is 13.1. The predicted octanol–water partition coefficient (Wildman–Crippen LogP) is -9.22. The Morgan fingerprint density at radius 1 is 0.455 bits per heavy atom. The fourth-order valence-corrected chi connectivity index (χ4v) is 0. The molecule has 0 saturated heterocycles. The van der Waals surface area contributed by atoms with E-state index >= 15 is 0 Å². The van der Waals surface area contributed by atoms with Crippen molar-refractivity contribution in [1.82, 2.24) is 0 Å². The molecule has 0 aromatic heterocycles. The number of carboxylic acids is 5. The number of aliphatic carboxylic acids is 5. The molecule has 0 atom stereocenters. The number of hydrogen-bond donors (Lipinski definition) is 0. The van der Waals surface area contributed by atoms with E-state index < -0.39 is 29.8 Å². The molecule has 0 aliphatic rings. The summed E-state index contributed by atoms with van der Waals surface area (Å²) in [6.45, 7) is 4.86. The van der Waals surface area contributed by atoms with Gasteiger partial charge < -0.3 is 49.5 Å².